The Morgan fingerprint density at radius 2 is 2.30 bits per heavy atom. The van der Waals surface area contributed by atoms with E-state index < -0.39 is 11.5 Å². The van der Waals surface area contributed by atoms with Crippen LogP contribution >= 0.6 is 27.7 Å². The van der Waals surface area contributed by atoms with Gasteiger partial charge in [0.1, 0.15) is 5.54 Å². The highest BCUT2D eigenvalue weighted by molar-refractivity contribution is 9.10. The third-order valence-corrected chi connectivity index (χ3v) is 6.02. The summed E-state index contributed by atoms with van der Waals surface area (Å²) in [6, 6.07) is 8.11. The highest BCUT2D eigenvalue weighted by Gasteiger charge is 2.45. The maximum Gasteiger partial charge on any atom is 0.323 e. The van der Waals surface area contributed by atoms with Crippen LogP contribution in [0.2, 0.25) is 0 Å². The molecule has 2 N–H and O–H groups in total. The minimum atomic E-state index is -0.727. The summed E-state index contributed by atoms with van der Waals surface area (Å²) in [5.41, 5.74) is -0.727. The molecule has 110 valence electrons. The average Bonchev–Trinajstić information content (AvgIpc) is 2.84. The zero-order chi connectivity index (χ0) is 14.6. The van der Waals surface area contributed by atoms with Crippen molar-refractivity contribution in [1.29, 1.82) is 0 Å². The molecule has 0 bridgehead atoms. The van der Waals surface area contributed by atoms with E-state index in [9.17, 15) is 9.90 Å². The summed E-state index contributed by atoms with van der Waals surface area (Å²) in [7, 11) is 0. The molecule has 3 nitrogen and oxygen atoms in total. The average molecular weight is 358 g/mol. The van der Waals surface area contributed by atoms with Crippen molar-refractivity contribution in [2.24, 2.45) is 0 Å². The van der Waals surface area contributed by atoms with Gasteiger partial charge in [-0.25, -0.2) is 0 Å². The molecular weight excluding hydrogens is 338 g/mol. The number of hydrogen-bond acceptors (Lipinski definition) is 3. The predicted octanol–water partition coefficient (Wildman–Crippen LogP) is 3.92. The van der Waals surface area contributed by atoms with E-state index in [0.29, 0.717) is 18.1 Å². The lowest BCUT2D eigenvalue weighted by Gasteiger charge is -2.25. The van der Waals surface area contributed by atoms with Crippen LogP contribution in [0.25, 0.3) is 0 Å². The zero-order valence-electron chi connectivity index (χ0n) is 11.6. The first-order valence-electron chi connectivity index (χ1n) is 6.97. The highest BCUT2D eigenvalue weighted by atomic mass is 79.9. The number of benzene rings is 1. The van der Waals surface area contributed by atoms with Gasteiger partial charge in [0.05, 0.1) is 0 Å². The normalized spacial score (nSPS) is 25.8. The monoisotopic (exact) mass is 357 g/mol. The van der Waals surface area contributed by atoms with Gasteiger partial charge in [-0.05, 0) is 60.3 Å². The second-order valence-electron chi connectivity index (χ2n) is 5.23. The fourth-order valence-electron chi connectivity index (χ4n) is 2.62. The van der Waals surface area contributed by atoms with Gasteiger partial charge in [-0.1, -0.05) is 19.1 Å². The van der Waals surface area contributed by atoms with Crippen LogP contribution in [0.5, 0.6) is 0 Å². The van der Waals surface area contributed by atoms with Gasteiger partial charge >= 0.3 is 5.97 Å². The molecule has 1 fully saturated rings. The van der Waals surface area contributed by atoms with E-state index in [-0.39, 0.29) is 0 Å². The molecule has 1 saturated carbocycles. The molecule has 2 rings (SSSR count). The van der Waals surface area contributed by atoms with E-state index in [1.807, 2.05) is 18.2 Å². The quantitative estimate of drug-likeness (QED) is 0.809. The molecule has 0 aliphatic heterocycles. The number of rotatable bonds is 6. The fourth-order valence-corrected chi connectivity index (χ4v) is 4.48. The van der Waals surface area contributed by atoms with Crippen molar-refractivity contribution in [3.63, 3.8) is 0 Å². The van der Waals surface area contributed by atoms with Gasteiger partial charge in [0, 0.05) is 14.6 Å². The maximum absolute atomic E-state index is 11.6. The summed E-state index contributed by atoms with van der Waals surface area (Å²) in [4.78, 5) is 12.8. The zero-order valence-corrected chi connectivity index (χ0v) is 14.0. The van der Waals surface area contributed by atoms with Crippen LogP contribution in [0.15, 0.2) is 33.6 Å². The Bertz CT molecular complexity index is 483. The van der Waals surface area contributed by atoms with Gasteiger partial charge < -0.3 is 10.4 Å². The second-order valence-corrected chi connectivity index (χ2v) is 7.42. The number of carbonyl (C=O) groups is 1. The Hall–Kier alpha value is -0.520. The van der Waals surface area contributed by atoms with Crippen LogP contribution in [0.3, 0.4) is 0 Å². The lowest BCUT2D eigenvalue weighted by molar-refractivity contribution is -0.144. The van der Waals surface area contributed by atoms with E-state index >= 15 is 0 Å². The minimum Gasteiger partial charge on any atom is -0.480 e. The van der Waals surface area contributed by atoms with Crippen molar-refractivity contribution in [2.75, 3.05) is 6.54 Å². The van der Waals surface area contributed by atoms with Crippen molar-refractivity contribution >= 4 is 33.7 Å². The summed E-state index contributed by atoms with van der Waals surface area (Å²) in [6.07, 6.45) is 3.30. The van der Waals surface area contributed by atoms with E-state index in [4.69, 9.17) is 0 Å². The van der Waals surface area contributed by atoms with Crippen LogP contribution in [-0.4, -0.2) is 28.4 Å². The molecule has 1 aliphatic carbocycles. The standard InChI is InChI=1S/C15H20BrNO2S/c1-2-9-17-15(14(18)19)8-7-11(10-15)20-13-6-4-3-5-12(13)16/h3-6,11,17H,2,7-10H2,1H3,(H,18,19). The van der Waals surface area contributed by atoms with Crippen molar-refractivity contribution in [3.8, 4) is 0 Å². The van der Waals surface area contributed by atoms with Crippen LogP contribution in [-0.2, 0) is 4.79 Å². The fraction of sp³-hybridized carbons (Fsp3) is 0.533. The van der Waals surface area contributed by atoms with Crippen LogP contribution in [0.4, 0.5) is 0 Å². The first-order chi connectivity index (χ1) is 9.57. The molecule has 2 unspecified atom stereocenters. The molecule has 5 heteroatoms. The maximum atomic E-state index is 11.6. The third-order valence-electron chi connectivity index (χ3n) is 3.72. The third kappa shape index (κ3) is 3.57. The Labute approximate surface area is 132 Å². The molecule has 0 spiro atoms. The number of thioether (sulfide) groups is 1. The minimum absolute atomic E-state index is 0.356. The molecular formula is C15H20BrNO2S. The first-order valence-corrected chi connectivity index (χ1v) is 8.64. The lowest BCUT2D eigenvalue weighted by Crippen LogP contribution is -2.50. The topological polar surface area (TPSA) is 49.3 Å². The molecule has 1 aromatic carbocycles. The van der Waals surface area contributed by atoms with Gasteiger partial charge in [-0.15, -0.1) is 11.8 Å². The van der Waals surface area contributed by atoms with Crippen LogP contribution in [0.1, 0.15) is 32.6 Å². The lowest BCUT2D eigenvalue weighted by atomic mass is 9.98. The van der Waals surface area contributed by atoms with Crippen molar-refractivity contribution < 1.29 is 9.90 Å². The Morgan fingerprint density at radius 1 is 1.55 bits per heavy atom. The van der Waals surface area contributed by atoms with Gasteiger partial charge in [0.15, 0.2) is 0 Å². The Kier molecular flexibility index (Phi) is 5.52. The number of halogens is 1. The van der Waals surface area contributed by atoms with Crippen LogP contribution in [0, 0.1) is 0 Å². The summed E-state index contributed by atoms with van der Waals surface area (Å²) >= 11 is 5.33. The molecule has 20 heavy (non-hydrogen) atoms. The van der Waals surface area contributed by atoms with Gasteiger partial charge in [-0.3, -0.25) is 4.79 Å². The van der Waals surface area contributed by atoms with Gasteiger partial charge in [0.2, 0.25) is 0 Å². The first kappa shape index (κ1) is 15.9. The number of carboxylic acid groups (broad SMARTS) is 1. The summed E-state index contributed by atoms with van der Waals surface area (Å²) < 4.78 is 1.08. The largest absolute Gasteiger partial charge is 0.480 e. The number of carboxylic acids is 1. The van der Waals surface area contributed by atoms with Crippen molar-refractivity contribution in [3.05, 3.63) is 28.7 Å². The van der Waals surface area contributed by atoms with E-state index in [1.54, 1.807) is 11.8 Å². The summed E-state index contributed by atoms with van der Waals surface area (Å²) in [6.45, 7) is 2.82. The molecule has 2 atom stereocenters. The van der Waals surface area contributed by atoms with Crippen molar-refractivity contribution in [1.82, 2.24) is 5.32 Å². The Morgan fingerprint density at radius 3 is 2.95 bits per heavy atom. The van der Waals surface area contributed by atoms with E-state index in [0.717, 1.165) is 23.9 Å². The van der Waals surface area contributed by atoms with Gasteiger partial charge in [0.25, 0.3) is 0 Å². The number of aliphatic carboxylic acids is 1. The SMILES string of the molecule is CCCNC1(C(=O)O)CCC(Sc2ccccc2Br)C1. The van der Waals surface area contributed by atoms with Gasteiger partial charge in [-0.2, -0.15) is 0 Å². The van der Waals surface area contributed by atoms with Crippen LogP contribution < -0.4 is 5.32 Å². The number of nitrogens with one attached hydrogen (secondary N) is 1. The number of hydrogen-bond donors (Lipinski definition) is 2. The highest BCUT2D eigenvalue weighted by Crippen LogP contribution is 2.42. The Balaban J connectivity index is 2.03. The summed E-state index contributed by atoms with van der Waals surface area (Å²) in [5.74, 6) is -0.707. The molecule has 0 saturated heterocycles. The molecule has 0 aromatic heterocycles. The smallest absolute Gasteiger partial charge is 0.323 e. The molecule has 0 radical (unpaired) electrons. The molecule has 0 heterocycles. The summed E-state index contributed by atoms with van der Waals surface area (Å²) in [5, 5.41) is 13.2. The predicted molar refractivity (Wildman–Crippen MR) is 86.3 cm³/mol. The molecule has 1 aliphatic rings. The van der Waals surface area contributed by atoms with Crippen molar-refractivity contribution in [2.45, 2.75) is 48.3 Å². The second kappa shape index (κ2) is 6.96. The van der Waals surface area contributed by atoms with E-state index in [2.05, 4.69) is 34.2 Å². The molecule has 0 amide bonds. The van der Waals surface area contributed by atoms with E-state index in [1.165, 1.54) is 4.90 Å². The molecule has 1 aromatic rings.